The van der Waals surface area contributed by atoms with Crippen LogP contribution in [0.2, 0.25) is 5.02 Å². The summed E-state index contributed by atoms with van der Waals surface area (Å²) in [5, 5.41) is 3.85. The Balaban J connectivity index is 0.00000128. The van der Waals surface area contributed by atoms with Crippen LogP contribution in [0.15, 0.2) is 18.2 Å². The lowest BCUT2D eigenvalue weighted by molar-refractivity contribution is 0.491. The van der Waals surface area contributed by atoms with Crippen LogP contribution in [-0.2, 0) is 0 Å². The first kappa shape index (κ1) is 13.6. The number of nitrogens with zero attached hydrogens (tertiary/aromatic N) is 1. The molecule has 0 aromatic heterocycles. The summed E-state index contributed by atoms with van der Waals surface area (Å²) in [6, 6.07) is 4.99. The number of piperazine rings is 1. The van der Waals surface area contributed by atoms with Crippen molar-refractivity contribution in [3.05, 3.63) is 29.0 Å². The average molecular weight is 265 g/mol. The standard InChI is InChI=1S/C11H14ClFN2.ClH/c1-8-7-14-4-5-15(8)11-6-9(12)2-3-10(11)13;/h2-3,6,8,14H,4-5,7H2,1H3;1H. The second-order valence-corrected chi connectivity index (χ2v) is 4.28. The molecule has 1 unspecified atom stereocenters. The molecule has 1 saturated heterocycles. The molecule has 0 radical (unpaired) electrons. The number of hydrogen-bond donors (Lipinski definition) is 1. The van der Waals surface area contributed by atoms with Crippen LogP contribution in [0.4, 0.5) is 10.1 Å². The molecule has 1 heterocycles. The van der Waals surface area contributed by atoms with Gasteiger partial charge in [-0.1, -0.05) is 11.6 Å². The molecule has 1 fully saturated rings. The fourth-order valence-corrected chi connectivity index (χ4v) is 2.07. The maximum absolute atomic E-state index is 13.6. The van der Waals surface area contributed by atoms with Crippen LogP contribution >= 0.6 is 24.0 Å². The monoisotopic (exact) mass is 264 g/mol. The summed E-state index contributed by atoms with van der Waals surface area (Å²) in [6.45, 7) is 4.66. The van der Waals surface area contributed by atoms with E-state index in [2.05, 4.69) is 17.1 Å². The van der Waals surface area contributed by atoms with Gasteiger partial charge in [-0.15, -0.1) is 12.4 Å². The third kappa shape index (κ3) is 2.78. The third-order valence-corrected chi connectivity index (χ3v) is 2.95. The van der Waals surface area contributed by atoms with E-state index in [1.165, 1.54) is 6.07 Å². The molecule has 1 N–H and O–H groups in total. The Morgan fingerprint density at radius 3 is 2.94 bits per heavy atom. The van der Waals surface area contributed by atoms with Crippen molar-refractivity contribution < 1.29 is 4.39 Å². The van der Waals surface area contributed by atoms with Crippen molar-refractivity contribution in [2.75, 3.05) is 24.5 Å². The number of halogens is 3. The zero-order valence-electron chi connectivity index (χ0n) is 9.04. The van der Waals surface area contributed by atoms with Crippen LogP contribution in [0, 0.1) is 5.82 Å². The molecule has 16 heavy (non-hydrogen) atoms. The maximum atomic E-state index is 13.6. The van der Waals surface area contributed by atoms with E-state index in [4.69, 9.17) is 11.6 Å². The predicted octanol–water partition coefficient (Wildman–Crippen LogP) is 2.70. The molecular formula is C11H15Cl2FN2. The summed E-state index contributed by atoms with van der Waals surface area (Å²) in [7, 11) is 0. The van der Waals surface area contributed by atoms with Gasteiger partial charge in [0.05, 0.1) is 5.69 Å². The highest BCUT2D eigenvalue weighted by Gasteiger charge is 2.20. The van der Waals surface area contributed by atoms with Crippen LogP contribution in [-0.4, -0.2) is 25.7 Å². The molecular weight excluding hydrogens is 250 g/mol. The van der Waals surface area contributed by atoms with Gasteiger partial charge in [0.2, 0.25) is 0 Å². The van der Waals surface area contributed by atoms with Crippen LogP contribution in [0.5, 0.6) is 0 Å². The quantitative estimate of drug-likeness (QED) is 0.839. The Morgan fingerprint density at radius 2 is 2.25 bits per heavy atom. The van der Waals surface area contributed by atoms with Crippen molar-refractivity contribution in [2.45, 2.75) is 13.0 Å². The van der Waals surface area contributed by atoms with Crippen molar-refractivity contribution in [1.82, 2.24) is 5.32 Å². The predicted molar refractivity (Wildman–Crippen MR) is 68.3 cm³/mol. The van der Waals surface area contributed by atoms with E-state index in [1.54, 1.807) is 12.1 Å². The summed E-state index contributed by atoms with van der Waals surface area (Å²) in [5.74, 6) is -0.201. The van der Waals surface area contributed by atoms with Crippen molar-refractivity contribution in [3.8, 4) is 0 Å². The minimum atomic E-state index is -0.201. The molecule has 0 bridgehead atoms. The highest BCUT2D eigenvalue weighted by molar-refractivity contribution is 6.30. The van der Waals surface area contributed by atoms with E-state index in [0.29, 0.717) is 16.8 Å². The van der Waals surface area contributed by atoms with Gasteiger partial charge in [0, 0.05) is 30.7 Å². The number of benzene rings is 1. The number of rotatable bonds is 1. The summed E-state index contributed by atoms with van der Waals surface area (Å²) in [6.07, 6.45) is 0. The molecule has 1 aromatic rings. The Labute approximate surface area is 106 Å². The fraction of sp³-hybridized carbons (Fsp3) is 0.455. The van der Waals surface area contributed by atoms with E-state index in [9.17, 15) is 4.39 Å². The third-order valence-electron chi connectivity index (χ3n) is 2.72. The minimum absolute atomic E-state index is 0. The highest BCUT2D eigenvalue weighted by atomic mass is 35.5. The van der Waals surface area contributed by atoms with Gasteiger partial charge in [-0.05, 0) is 25.1 Å². The molecule has 1 atom stereocenters. The molecule has 1 aliphatic heterocycles. The number of anilines is 1. The summed E-state index contributed by atoms with van der Waals surface area (Å²) in [5.41, 5.74) is 0.608. The van der Waals surface area contributed by atoms with E-state index < -0.39 is 0 Å². The lowest BCUT2D eigenvalue weighted by Crippen LogP contribution is -2.50. The Bertz CT molecular complexity index is 360. The Hall–Kier alpha value is -0.510. The number of hydrogen-bond acceptors (Lipinski definition) is 2. The van der Waals surface area contributed by atoms with Gasteiger partial charge in [-0.2, -0.15) is 0 Å². The van der Waals surface area contributed by atoms with Crippen LogP contribution in [0.1, 0.15) is 6.92 Å². The maximum Gasteiger partial charge on any atom is 0.146 e. The van der Waals surface area contributed by atoms with E-state index in [-0.39, 0.29) is 18.2 Å². The van der Waals surface area contributed by atoms with Crippen LogP contribution in [0.3, 0.4) is 0 Å². The van der Waals surface area contributed by atoms with Gasteiger partial charge in [0.15, 0.2) is 0 Å². The van der Waals surface area contributed by atoms with Crippen molar-refractivity contribution in [2.24, 2.45) is 0 Å². The SMILES string of the molecule is CC1CNCCN1c1cc(Cl)ccc1F.Cl. The number of nitrogens with one attached hydrogen (secondary N) is 1. The zero-order chi connectivity index (χ0) is 10.8. The van der Waals surface area contributed by atoms with Crippen molar-refractivity contribution in [1.29, 1.82) is 0 Å². The summed E-state index contributed by atoms with van der Waals surface area (Å²) >= 11 is 5.87. The summed E-state index contributed by atoms with van der Waals surface area (Å²) < 4.78 is 13.6. The molecule has 1 aromatic carbocycles. The van der Waals surface area contributed by atoms with Gasteiger partial charge >= 0.3 is 0 Å². The molecule has 90 valence electrons. The van der Waals surface area contributed by atoms with Crippen LogP contribution in [0.25, 0.3) is 0 Å². The molecule has 1 aliphatic rings. The molecule has 2 nitrogen and oxygen atoms in total. The minimum Gasteiger partial charge on any atom is -0.364 e. The van der Waals surface area contributed by atoms with Gasteiger partial charge in [0.1, 0.15) is 5.82 Å². The molecule has 5 heteroatoms. The zero-order valence-corrected chi connectivity index (χ0v) is 10.6. The first-order chi connectivity index (χ1) is 7.18. The fourth-order valence-electron chi connectivity index (χ4n) is 1.90. The largest absolute Gasteiger partial charge is 0.364 e. The van der Waals surface area contributed by atoms with Crippen molar-refractivity contribution in [3.63, 3.8) is 0 Å². The van der Waals surface area contributed by atoms with E-state index in [0.717, 1.165) is 19.6 Å². The first-order valence-electron chi connectivity index (χ1n) is 5.11. The molecule has 0 spiro atoms. The normalized spacial score (nSPS) is 20.4. The molecule has 0 saturated carbocycles. The van der Waals surface area contributed by atoms with Gasteiger partial charge in [-0.3, -0.25) is 0 Å². The van der Waals surface area contributed by atoms with Crippen LogP contribution < -0.4 is 10.2 Å². The second kappa shape index (κ2) is 5.71. The average Bonchev–Trinajstić information content (AvgIpc) is 2.23. The first-order valence-corrected chi connectivity index (χ1v) is 5.48. The topological polar surface area (TPSA) is 15.3 Å². The Kier molecular flexibility index (Phi) is 4.84. The smallest absolute Gasteiger partial charge is 0.146 e. The van der Waals surface area contributed by atoms with Gasteiger partial charge < -0.3 is 10.2 Å². The molecule has 2 rings (SSSR count). The van der Waals surface area contributed by atoms with Crippen molar-refractivity contribution >= 4 is 29.7 Å². The Morgan fingerprint density at radius 1 is 1.50 bits per heavy atom. The highest BCUT2D eigenvalue weighted by Crippen LogP contribution is 2.25. The van der Waals surface area contributed by atoms with Gasteiger partial charge in [0.25, 0.3) is 0 Å². The van der Waals surface area contributed by atoms with E-state index in [1.807, 2.05) is 0 Å². The lowest BCUT2D eigenvalue weighted by Gasteiger charge is -2.36. The molecule has 0 aliphatic carbocycles. The van der Waals surface area contributed by atoms with E-state index >= 15 is 0 Å². The molecule has 0 amide bonds. The summed E-state index contributed by atoms with van der Waals surface area (Å²) in [4.78, 5) is 2.05. The second-order valence-electron chi connectivity index (χ2n) is 3.84. The lowest BCUT2D eigenvalue weighted by atomic mass is 10.1. The van der Waals surface area contributed by atoms with Gasteiger partial charge in [-0.25, -0.2) is 4.39 Å².